The van der Waals surface area contributed by atoms with Gasteiger partial charge < -0.3 is 10.4 Å². The van der Waals surface area contributed by atoms with Crippen LogP contribution in [0.2, 0.25) is 5.15 Å². The van der Waals surface area contributed by atoms with Gasteiger partial charge in [0.1, 0.15) is 5.15 Å². The Morgan fingerprint density at radius 3 is 2.68 bits per heavy atom. The zero-order valence-corrected chi connectivity index (χ0v) is 10.9. The van der Waals surface area contributed by atoms with E-state index < -0.39 is 0 Å². The Hall–Kier alpha value is -1.65. The lowest BCUT2D eigenvalue weighted by Gasteiger charge is -2.32. The maximum atomic E-state index is 12.2. The number of rotatable bonds is 2. The monoisotopic (exact) mass is 276 g/mol. The van der Waals surface area contributed by atoms with E-state index in [0.29, 0.717) is 23.6 Å². The smallest absolute Gasteiger partial charge is 0.253 e. The van der Waals surface area contributed by atoms with E-state index in [0.717, 1.165) is 10.8 Å². The molecule has 4 nitrogen and oxygen atoms in total. The van der Waals surface area contributed by atoms with Crippen LogP contribution in [0.5, 0.6) is 0 Å². The molecule has 0 spiro atoms. The number of aromatic nitrogens is 1. The summed E-state index contributed by atoms with van der Waals surface area (Å²) >= 11 is 6.02. The van der Waals surface area contributed by atoms with Gasteiger partial charge in [0.2, 0.25) is 0 Å². The summed E-state index contributed by atoms with van der Waals surface area (Å²) in [7, 11) is 0. The van der Waals surface area contributed by atoms with Gasteiger partial charge in [-0.05, 0) is 18.2 Å². The first-order valence-electron chi connectivity index (χ1n) is 6.17. The van der Waals surface area contributed by atoms with Crippen molar-refractivity contribution >= 4 is 28.3 Å². The van der Waals surface area contributed by atoms with E-state index in [1.54, 1.807) is 0 Å². The number of hydrogen-bond acceptors (Lipinski definition) is 3. The van der Waals surface area contributed by atoms with Crippen molar-refractivity contribution in [2.24, 2.45) is 0 Å². The molecule has 0 aliphatic heterocycles. The second-order valence-corrected chi connectivity index (χ2v) is 5.16. The average molecular weight is 277 g/mol. The van der Waals surface area contributed by atoms with Crippen LogP contribution >= 0.6 is 11.6 Å². The number of pyridine rings is 1. The van der Waals surface area contributed by atoms with E-state index >= 15 is 0 Å². The van der Waals surface area contributed by atoms with Gasteiger partial charge in [-0.3, -0.25) is 4.79 Å². The zero-order chi connectivity index (χ0) is 13.4. The molecule has 0 bridgehead atoms. The fourth-order valence-corrected chi connectivity index (χ4v) is 2.52. The Morgan fingerprint density at radius 2 is 2.00 bits per heavy atom. The standard InChI is InChI=1S/C14H13ClN2O2/c15-13-11-4-2-1-3-10(11)12(7-16-13)14(19)17-8-5-9(18)6-8/h1-4,7-9,18H,5-6H2,(H,17,19). The Morgan fingerprint density at radius 1 is 1.32 bits per heavy atom. The molecule has 0 atom stereocenters. The van der Waals surface area contributed by atoms with Crippen molar-refractivity contribution in [2.75, 3.05) is 0 Å². The Bertz CT molecular complexity index is 638. The van der Waals surface area contributed by atoms with E-state index in [4.69, 9.17) is 11.6 Å². The molecule has 0 unspecified atom stereocenters. The van der Waals surface area contributed by atoms with Crippen molar-refractivity contribution in [3.63, 3.8) is 0 Å². The maximum absolute atomic E-state index is 12.2. The van der Waals surface area contributed by atoms with Gasteiger partial charge in [-0.2, -0.15) is 0 Å². The number of aliphatic hydroxyl groups is 1. The minimum atomic E-state index is -0.287. The van der Waals surface area contributed by atoms with Gasteiger partial charge in [0.05, 0.1) is 11.7 Å². The fraction of sp³-hybridized carbons (Fsp3) is 0.286. The quantitative estimate of drug-likeness (QED) is 0.826. The number of aliphatic hydroxyl groups excluding tert-OH is 1. The van der Waals surface area contributed by atoms with Crippen LogP contribution in [0.25, 0.3) is 10.8 Å². The molecule has 0 saturated heterocycles. The molecular weight excluding hydrogens is 264 g/mol. The minimum absolute atomic E-state index is 0.0527. The first kappa shape index (κ1) is 12.4. The van der Waals surface area contributed by atoms with Gasteiger partial charge in [-0.25, -0.2) is 4.98 Å². The molecule has 2 aromatic rings. The predicted molar refractivity (Wildman–Crippen MR) is 73.2 cm³/mol. The first-order chi connectivity index (χ1) is 9.15. The van der Waals surface area contributed by atoms with E-state index in [1.165, 1.54) is 6.20 Å². The highest BCUT2D eigenvalue weighted by molar-refractivity contribution is 6.34. The van der Waals surface area contributed by atoms with Crippen molar-refractivity contribution in [3.05, 3.63) is 41.2 Å². The number of benzene rings is 1. The lowest BCUT2D eigenvalue weighted by Crippen LogP contribution is -2.46. The molecule has 1 heterocycles. The van der Waals surface area contributed by atoms with Crippen LogP contribution in [0.1, 0.15) is 23.2 Å². The Labute approximate surface area is 115 Å². The van der Waals surface area contributed by atoms with E-state index in [1.807, 2.05) is 24.3 Å². The normalized spacial score (nSPS) is 22.0. The number of amides is 1. The van der Waals surface area contributed by atoms with E-state index in [2.05, 4.69) is 10.3 Å². The predicted octanol–water partition coefficient (Wildman–Crippen LogP) is 2.14. The van der Waals surface area contributed by atoms with E-state index in [9.17, 15) is 9.90 Å². The zero-order valence-electron chi connectivity index (χ0n) is 10.1. The summed E-state index contributed by atoms with van der Waals surface area (Å²) in [5.74, 6) is -0.169. The molecule has 1 aliphatic rings. The highest BCUT2D eigenvalue weighted by Crippen LogP contribution is 2.25. The van der Waals surface area contributed by atoms with Crippen LogP contribution in [-0.4, -0.2) is 28.1 Å². The van der Waals surface area contributed by atoms with Crippen molar-refractivity contribution in [1.29, 1.82) is 0 Å². The summed E-state index contributed by atoms with van der Waals surface area (Å²) in [6, 6.07) is 7.47. The average Bonchev–Trinajstić information content (AvgIpc) is 2.37. The van der Waals surface area contributed by atoms with Gasteiger partial charge in [0, 0.05) is 17.6 Å². The van der Waals surface area contributed by atoms with Crippen molar-refractivity contribution in [2.45, 2.75) is 25.0 Å². The van der Waals surface area contributed by atoms with Crippen LogP contribution in [0.3, 0.4) is 0 Å². The molecule has 1 saturated carbocycles. The molecule has 1 aliphatic carbocycles. The fourth-order valence-electron chi connectivity index (χ4n) is 2.31. The molecule has 1 aromatic carbocycles. The van der Waals surface area contributed by atoms with Gasteiger partial charge >= 0.3 is 0 Å². The Balaban J connectivity index is 1.92. The SMILES string of the molecule is O=C(NC1CC(O)C1)c1cnc(Cl)c2ccccc12. The number of carbonyl (C=O) groups excluding carboxylic acids is 1. The van der Waals surface area contributed by atoms with Gasteiger partial charge in [-0.1, -0.05) is 35.9 Å². The molecule has 3 rings (SSSR count). The number of carbonyl (C=O) groups is 1. The lowest BCUT2D eigenvalue weighted by molar-refractivity contribution is 0.0563. The summed E-state index contributed by atoms with van der Waals surface area (Å²) in [6.07, 6.45) is 2.44. The van der Waals surface area contributed by atoms with Crippen LogP contribution in [0.4, 0.5) is 0 Å². The number of halogens is 1. The third-order valence-corrected chi connectivity index (χ3v) is 3.74. The van der Waals surface area contributed by atoms with Gasteiger partial charge in [-0.15, -0.1) is 0 Å². The summed E-state index contributed by atoms with van der Waals surface area (Å²) in [5.41, 5.74) is 0.515. The summed E-state index contributed by atoms with van der Waals surface area (Å²) in [5, 5.41) is 14.1. The largest absolute Gasteiger partial charge is 0.393 e. The molecule has 1 aromatic heterocycles. The second-order valence-electron chi connectivity index (χ2n) is 4.80. The Kier molecular flexibility index (Phi) is 3.12. The molecule has 2 N–H and O–H groups in total. The molecule has 0 radical (unpaired) electrons. The molecule has 98 valence electrons. The minimum Gasteiger partial charge on any atom is -0.393 e. The molecule has 19 heavy (non-hydrogen) atoms. The van der Waals surface area contributed by atoms with Gasteiger partial charge in [0.15, 0.2) is 0 Å². The van der Waals surface area contributed by atoms with Crippen molar-refractivity contribution in [3.8, 4) is 0 Å². The molecule has 5 heteroatoms. The van der Waals surface area contributed by atoms with E-state index in [-0.39, 0.29) is 18.1 Å². The van der Waals surface area contributed by atoms with Gasteiger partial charge in [0.25, 0.3) is 5.91 Å². The van der Waals surface area contributed by atoms with Crippen LogP contribution in [0.15, 0.2) is 30.5 Å². The third-order valence-electron chi connectivity index (χ3n) is 3.44. The van der Waals surface area contributed by atoms with Crippen LogP contribution in [0, 0.1) is 0 Å². The number of hydrogen-bond donors (Lipinski definition) is 2. The third kappa shape index (κ3) is 2.29. The second kappa shape index (κ2) is 4.79. The van der Waals surface area contributed by atoms with Crippen LogP contribution < -0.4 is 5.32 Å². The number of nitrogens with one attached hydrogen (secondary N) is 1. The summed E-state index contributed by atoms with van der Waals surface area (Å²) < 4.78 is 0. The van der Waals surface area contributed by atoms with Crippen molar-refractivity contribution < 1.29 is 9.90 Å². The first-order valence-corrected chi connectivity index (χ1v) is 6.55. The van der Waals surface area contributed by atoms with Crippen molar-refractivity contribution in [1.82, 2.24) is 10.3 Å². The summed E-state index contributed by atoms with van der Waals surface area (Å²) in [4.78, 5) is 16.3. The maximum Gasteiger partial charge on any atom is 0.253 e. The summed E-state index contributed by atoms with van der Waals surface area (Å²) in [6.45, 7) is 0. The van der Waals surface area contributed by atoms with Crippen LogP contribution in [-0.2, 0) is 0 Å². The number of nitrogens with zero attached hydrogens (tertiary/aromatic N) is 1. The number of fused-ring (bicyclic) bond motifs is 1. The highest BCUT2D eigenvalue weighted by Gasteiger charge is 2.29. The molecule has 1 fully saturated rings. The molecule has 1 amide bonds. The topological polar surface area (TPSA) is 62.2 Å². The molecular formula is C14H13ClN2O2. The highest BCUT2D eigenvalue weighted by atomic mass is 35.5. The lowest BCUT2D eigenvalue weighted by atomic mass is 9.89.